The quantitative estimate of drug-likeness (QED) is 0.879. The van der Waals surface area contributed by atoms with E-state index in [1.54, 1.807) is 0 Å². The van der Waals surface area contributed by atoms with Gasteiger partial charge in [-0.25, -0.2) is 0 Å². The van der Waals surface area contributed by atoms with E-state index in [-0.39, 0.29) is 11.7 Å². The maximum Gasteiger partial charge on any atom is 0.0964 e. The lowest BCUT2D eigenvalue weighted by Crippen LogP contribution is -2.55. The second-order valence-electron chi connectivity index (χ2n) is 5.70. The van der Waals surface area contributed by atoms with Crippen molar-refractivity contribution in [2.45, 2.75) is 43.9 Å². The molecule has 19 heavy (non-hydrogen) atoms. The maximum atomic E-state index is 10.2. The molecular weight excluding hydrogens is 240 g/mol. The number of likely N-dealkylation sites (tertiary alicyclic amines) is 1. The smallest absolute Gasteiger partial charge is 0.0964 e. The molecule has 3 heterocycles. The van der Waals surface area contributed by atoms with Gasteiger partial charge in [0.1, 0.15) is 0 Å². The molecule has 0 radical (unpaired) electrons. The van der Waals surface area contributed by atoms with Crippen LogP contribution in [0, 0.1) is 0 Å². The number of hydrogen-bond acceptors (Lipinski definition) is 4. The van der Waals surface area contributed by atoms with E-state index in [0.717, 1.165) is 51.9 Å². The van der Waals surface area contributed by atoms with Crippen molar-refractivity contribution in [3.8, 4) is 0 Å². The Hall–Kier alpha value is -0.970. The molecule has 0 saturated carbocycles. The number of pyridine rings is 1. The Balaban J connectivity index is 1.57. The van der Waals surface area contributed by atoms with Gasteiger partial charge in [-0.15, -0.1) is 0 Å². The van der Waals surface area contributed by atoms with Gasteiger partial charge < -0.3 is 9.84 Å². The normalized spacial score (nSPS) is 27.5. The molecule has 2 aliphatic heterocycles. The first kappa shape index (κ1) is 13.0. The van der Waals surface area contributed by atoms with Gasteiger partial charge in [-0.05, 0) is 43.4 Å². The third kappa shape index (κ3) is 2.81. The van der Waals surface area contributed by atoms with Gasteiger partial charge in [0.15, 0.2) is 0 Å². The van der Waals surface area contributed by atoms with E-state index in [2.05, 4.69) is 22.0 Å². The molecule has 1 N–H and O–H groups in total. The minimum absolute atomic E-state index is 0.257. The molecule has 0 aliphatic carbocycles. The second kappa shape index (κ2) is 5.57. The molecule has 0 bridgehead atoms. The molecule has 104 valence electrons. The summed E-state index contributed by atoms with van der Waals surface area (Å²) in [5.74, 6) is 0. The van der Waals surface area contributed by atoms with Crippen LogP contribution in [0.25, 0.3) is 0 Å². The minimum atomic E-state index is -0.274. The fourth-order valence-electron chi connectivity index (χ4n) is 3.22. The molecule has 2 saturated heterocycles. The molecule has 1 atom stereocenters. The van der Waals surface area contributed by atoms with Crippen molar-refractivity contribution >= 4 is 0 Å². The van der Waals surface area contributed by atoms with Gasteiger partial charge in [-0.3, -0.25) is 9.88 Å². The SMILES string of the molecule is OC1CCCOC12CCN(Cc1ccncc1)CC2. The lowest BCUT2D eigenvalue weighted by Gasteiger charge is -2.46. The summed E-state index contributed by atoms with van der Waals surface area (Å²) >= 11 is 0. The van der Waals surface area contributed by atoms with Crippen LogP contribution in [0.2, 0.25) is 0 Å². The molecule has 3 rings (SSSR count). The number of hydrogen-bond donors (Lipinski definition) is 1. The largest absolute Gasteiger partial charge is 0.390 e. The molecule has 4 heteroatoms. The molecule has 0 aromatic carbocycles. The fraction of sp³-hybridized carbons (Fsp3) is 0.667. The predicted octanol–water partition coefficient (Wildman–Crippen LogP) is 1.59. The van der Waals surface area contributed by atoms with E-state index in [4.69, 9.17) is 4.74 Å². The summed E-state index contributed by atoms with van der Waals surface area (Å²) in [6, 6.07) is 4.13. The molecule has 0 amide bonds. The number of nitrogens with zero attached hydrogens (tertiary/aromatic N) is 2. The summed E-state index contributed by atoms with van der Waals surface area (Å²) in [6.07, 6.45) is 7.18. The van der Waals surface area contributed by atoms with Gasteiger partial charge >= 0.3 is 0 Å². The summed E-state index contributed by atoms with van der Waals surface area (Å²) in [5, 5.41) is 10.2. The highest BCUT2D eigenvalue weighted by Crippen LogP contribution is 2.35. The van der Waals surface area contributed by atoms with E-state index in [1.807, 2.05) is 12.4 Å². The van der Waals surface area contributed by atoms with E-state index < -0.39 is 0 Å². The summed E-state index contributed by atoms with van der Waals surface area (Å²) in [4.78, 5) is 6.48. The van der Waals surface area contributed by atoms with Crippen LogP contribution >= 0.6 is 0 Å². The van der Waals surface area contributed by atoms with Gasteiger partial charge in [0.25, 0.3) is 0 Å². The van der Waals surface area contributed by atoms with Crippen LogP contribution in [-0.2, 0) is 11.3 Å². The summed E-state index contributed by atoms with van der Waals surface area (Å²) in [5.41, 5.74) is 1.04. The van der Waals surface area contributed by atoms with Crippen LogP contribution in [0.3, 0.4) is 0 Å². The summed E-state index contributed by atoms with van der Waals surface area (Å²) in [6.45, 7) is 3.77. The van der Waals surface area contributed by atoms with Crippen molar-refractivity contribution in [1.29, 1.82) is 0 Å². The lowest BCUT2D eigenvalue weighted by atomic mass is 9.82. The highest BCUT2D eigenvalue weighted by atomic mass is 16.5. The van der Waals surface area contributed by atoms with Crippen LogP contribution < -0.4 is 0 Å². The van der Waals surface area contributed by atoms with Gasteiger partial charge in [-0.2, -0.15) is 0 Å². The monoisotopic (exact) mass is 262 g/mol. The number of aliphatic hydroxyl groups is 1. The number of rotatable bonds is 2. The molecule has 1 aromatic rings. The van der Waals surface area contributed by atoms with E-state index in [9.17, 15) is 5.11 Å². The Bertz CT molecular complexity index is 402. The standard InChI is InChI=1S/C15H22N2O2/c18-14-2-1-11-19-15(14)5-9-17(10-6-15)12-13-3-7-16-8-4-13/h3-4,7-8,14,18H,1-2,5-6,9-12H2. The van der Waals surface area contributed by atoms with Crippen molar-refractivity contribution in [2.24, 2.45) is 0 Å². The van der Waals surface area contributed by atoms with Crippen molar-refractivity contribution in [3.05, 3.63) is 30.1 Å². The first-order valence-corrected chi connectivity index (χ1v) is 7.22. The Morgan fingerprint density at radius 3 is 2.74 bits per heavy atom. The molecule has 1 aromatic heterocycles. The average Bonchev–Trinajstić information content (AvgIpc) is 2.46. The molecule has 1 unspecified atom stereocenters. The number of aliphatic hydroxyl groups excluding tert-OH is 1. The molecule has 2 fully saturated rings. The minimum Gasteiger partial charge on any atom is -0.390 e. The van der Waals surface area contributed by atoms with Gasteiger partial charge in [-0.1, -0.05) is 0 Å². The number of aromatic nitrogens is 1. The number of ether oxygens (including phenoxy) is 1. The van der Waals surface area contributed by atoms with Crippen molar-refractivity contribution < 1.29 is 9.84 Å². The zero-order chi connectivity index (χ0) is 13.1. The van der Waals surface area contributed by atoms with Gasteiger partial charge in [0, 0.05) is 38.6 Å². The maximum absolute atomic E-state index is 10.2. The Kier molecular flexibility index (Phi) is 3.82. The summed E-state index contributed by atoms with van der Waals surface area (Å²) < 4.78 is 5.93. The van der Waals surface area contributed by atoms with Crippen LogP contribution in [0.4, 0.5) is 0 Å². The molecule has 4 nitrogen and oxygen atoms in total. The summed E-state index contributed by atoms with van der Waals surface area (Å²) in [7, 11) is 0. The molecular formula is C15H22N2O2. The highest BCUT2D eigenvalue weighted by Gasteiger charge is 2.43. The van der Waals surface area contributed by atoms with E-state index in [1.165, 1.54) is 5.56 Å². The van der Waals surface area contributed by atoms with Crippen LogP contribution in [0.15, 0.2) is 24.5 Å². The topological polar surface area (TPSA) is 45.6 Å². The van der Waals surface area contributed by atoms with Crippen LogP contribution in [0.1, 0.15) is 31.2 Å². The number of piperidine rings is 1. The first-order chi connectivity index (χ1) is 9.28. The van der Waals surface area contributed by atoms with Crippen LogP contribution in [0.5, 0.6) is 0 Å². The van der Waals surface area contributed by atoms with Crippen molar-refractivity contribution in [3.63, 3.8) is 0 Å². The molecule has 1 spiro atoms. The lowest BCUT2D eigenvalue weighted by molar-refractivity contribution is -0.177. The predicted molar refractivity (Wildman–Crippen MR) is 72.7 cm³/mol. The van der Waals surface area contributed by atoms with E-state index in [0.29, 0.717) is 0 Å². The Labute approximate surface area is 114 Å². The Morgan fingerprint density at radius 2 is 2.05 bits per heavy atom. The van der Waals surface area contributed by atoms with Crippen LogP contribution in [-0.4, -0.2) is 46.4 Å². The third-order valence-electron chi connectivity index (χ3n) is 4.48. The highest BCUT2D eigenvalue weighted by molar-refractivity contribution is 5.10. The van der Waals surface area contributed by atoms with Gasteiger partial charge in [0.05, 0.1) is 11.7 Å². The Morgan fingerprint density at radius 1 is 1.32 bits per heavy atom. The van der Waals surface area contributed by atoms with E-state index >= 15 is 0 Å². The van der Waals surface area contributed by atoms with Crippen molar-refractivity contribution in [1.82, 2.24) is 9.88 Å². The van der Waals surface area contributed by atoms with Gasteiger partial charge in [0.2, 0.25) is 0 Å². The second-order valence-corrected chi connectivity index (χ2v) is 5.70. The molecule has 2 aliphatic rings. The first-order valence-electron chi connectivity index (χ1n) is 7.22. The fourth-order valence-corrected chi connectivity index (χ4v) is 3.22. The third-order valence-corrected chi connectivity index (χ3v) is 4.48. The van der Waals surface area contributed by atoms with Crippen molar-refractivity contribution in [2.75, 3.05) is 19.7 Å². The zero-order valence-corrected chi connectivity index (χ0v) is 11.3. The average molecular weight is 262 g/mol. The zero-order valence-electron chi connectivity index (χ0n) is 11.3.